The number of nitro groups is 1. The van der Waals surface area contributed by atoms with Crippen LogP contribution in [0.25, 0.3) is 0 Å². The fourth-order valence-electron chi connectivity index (χ4n) is 2.30. The molecule has 0 aromatic heterocycles. The number of nitrogens with zero attached hydrogens (tertiary/aromatic N) is 1. The van der Waals surface area contributed by atoms with Gasteiger partial charge in [0.2, 0.25) is 10.0 Å². The number of non-ortho nitro benzene ring substituents is 1. The minimum Gasteiger partial charge on any atom is -0.351 e. The van der Waals surface area contributed by atoms with Gasteiger partial charge < -0.3 is 5.32 Å². The van der Waals surface area contributed by atoms with E-state index < -0.39 is 42.1 Å². The van der Waals surface area contributed by atoms with E-state index in [4.69, 9.17) is 0 Å². The van der Waals surface area contributed by atoms with E-state index in [2.05, 4.69) is 10.0 Å². The first kappa shape index (κ1) is 22.5. The van der Waals surface area contributed by atoms with Gasteiger partial charge in [-0.05, 0) is 11.6 Å². The highest BCUT2D eigenvalue weighted by molar-refractivity contribution is 7.90. The van der Waals surface area contributed by atoms with Crippen LogP contribution in [0.3, 0.4) is 0 Å². The van der Waals surface area contributed by atoms with Gasteiger partial charge in [0, 0.05) is 37.0 Å². The molecule has 0 aliphatic rings. The lowest BCUT2D eigenvalue weighted by Crippen LogP contribution is -2.34. The summed E-state index contributed by atoms with van der Waals surface area (Å²) in [7, 11) is -7.46. The van der Waals surface area contributed by atoms with E-state index in [-0.39, 0.29) is 23.5 Å². The van der Waals surface area contributed by atoms with Gasteiger partial charge in [0.25, 0.3) is 11.6 Å². The van der Waals surface area contributed by atoms with Crippen LogP contribution < -0.4 is 10.0 Å². The van der Waals surface area contributed by atoms with E-state index in [1.807, 2.05) is 0 Å². The zero-order valence-electron chi connectivity index (χ0n) is 15.4. The Balaban J connectivity index is 2.01. The molecule has 0 saturated carbocycles. The molecular formula is C17H19N3O7S2. The standard InChI is InChI=1S/C17H19N3O7S2/c1-28(24,25)16-10-14(9-15(11-16)20(22)23)17(21)18-7-8-29(26,27)19-12-13-5-3-2-4-6-13/h2-6,9-11,19H,7-8,12H2,1H3,(H,18,21). The van der Waals surface area contributed by atoms with Crippen LogP contribution in [-0.2, 0) is 26.4 Å². The van der Waals surface area contributed by atoms with Crippen LogP contribution in [0.15, 0.2) is 53.4 Å². The van der Waals surface area contributed by atoms with Gasteiger partial charge in [-0.2, -0.15) is 0 Å². The molecule has 156 valence electrons. The molecule has 0 saturated heterocycles. The van der Waals surface area contributed by atoms with Crippen molar-refractivity contribution in [1.29, 1.82) is 0 Å². The Morgan fingerprint density at radius 1 is 1.07 bits per heavy atom. The zero-order chi connectivity index (χ0) is 21.7. The van der Waals surface area contributed by atoms with Gasteiger partial charge in [0.15, 0.2) is 9.84 Å². The van der Waals surface area contributed by atoms with E-state index in [0.717, 1.165) is 30.0 Å². The Morgan fingerprint density at radius 2 is 1.72 bits per heavy atom. The Labute approximate surface area is 168 Å². The van der Waals surface area contributed by atoms with Crippen LogP contribution in [0, 0.1) is 10.1 Å². The molecule has 12 heteroatoms. The lowest BCUT2D eigenvalue weighted by Gasteiger charge is -2.09. The highest BCUT2D eigenvalue weighted by atomic mass is 32.2. The molecule has 0 atom stereocenters. The topological polar surface area (TPSA) is 153 Å². The fourth-order valence-corrected chi connectivity index (χ4v) is 3.87. The van der Waals surface area contributed by atoms with Crippen LogP contribution >= 0.6 is 0 Å². The Hall–Kier alpha value is -2.83. The molecule has 0 aliphatic carbocycles. The number of carbonyl (C=O) groups excluding carboxylic acids is 1. The van der Waals surface area contributed by atoms with Gasteiger partial charge in [-0.1, -0.05) is 30.3 Å². The predicted octanol–water partition coefficient (Wildman–Crippen LogP) is 0.848. The van der Waals surface area contributed by atoms with E-state index in [1.165, 1.54) is 0 Å². The summed E-state index contributed by atoms with van der Waals surface area (Å²) in [6.45, 7) is -0.167. The third kappa shape index (κ3) is 6.93. The van der Waals surface area contributed by atoms with E-state index in [9.17, 15) is 31.7 Å². The molecule has 10 nitrogen and oxygen atoms in total. The molecule has 2 N–H and O–H groups in total. The van der Waals surface area contributed by atoms with Crippen molar-refractivity contribution >= 4 is 31.5 Å². The van der Waals surface area contributed by atoms with Crippen molar-refractivity contribution in [2.24, 2.45) is 0 Å². The van der Waals surface area contributed by atoms with Crippen molar-refractivity contribution in [3.8, 4) is 0 Å². The number of benzene rings is 2. The second kappa shape index (κ2) is 9.11. The largest absolute Gasteiger partial charge is 0.351 e. The number of nitrogens with one attached hydrogen (secondary N) is 2. The number of sulfone groups is 1. The second-order valence-corrected chi connectivity index (χ2v) is 10.1. The highest BCUT2D eigenvalue weighted by Crippen LogP contribution is 2.20. The molecule has 0 fully saturated rings. The van der Waals surface area contributed by atoms with Gasteiger partial charge in [0.05, 0.1) is 15.6 Å². The third-order valence-electron chi connectivity index (χ3n) is 3.79. The van der Waals surface area contributed by atoms with Gasteiger partial charge in [-0.3, -0.25) is 14.9 Å². The average molecular weight is 441 g/mol. The Bertz CT molecular complexity index is 1110. The minimum atomic E-state index is -3.78. The number of rotatable bonds is 9. The van der Waals surface area contributed by atoms with Gasteiger partial charge in [0.1, 0.15) is 0 Å². The first-order valence-corrected chi connectivity index (χ1v) is 11.8. The fraction of sp³-hybridized carbons (Fsp3) is 0.235. The van der Waals surface area contributed by atoms with E-state index in [1.54, 1.807) is 30.3 Å². The number of carbonyl (C=O) groups is 1. The van der Waals surface area contributed by atoms with Crippen LogP contribution in [0.2, 0.25) is 0 Å². The van der Waals surface area contributed by atoms with Crippen LogP contribution in [0.5, 0.6) is 0 Å². The molecule has 2 rings (SSSR count). The SMILES string of the molecule is CS(=O)(=O)c1cc(C(=O)NCCS(=O)(=O)NCc2ccccc2)cc([N+](=O)[O-])c1. The van der Waals surface area contributed by atoms with Gasteiger partial charge in [-0.15, -0.1) is 0 Å². The maximum absolute atomic E-state index is 12.2. The van der Waals surface area contributed by atoms with Crippen LogP contribution in [0.1, 0.15) is 15.9 Å². The quantitative estimate of drug-likeness (QED) is 0.432. The molecule has 0 radical (unpaired) electrons. The molecule has 29 heavy (non-hydrogen) atoms. The van der Waals surface area contributed by atoms with Crippen molar-refractivity contribution in [1.82, 2.24) is 10.0 Å². The van der Waals surface area contributed by atoms with Crippen molar-refractivity contribution in [3.05, 3.63) is 69.8 Å². The lowest BCUT2D eigenvalue weighted by atomic mass is 10.2. The second-order valence-electron chi connectivity index (χ2n) is 6.13. The molecule has 0 unspecified atom stereocenters. The molecule has 0 bridgehead atoms. The zero-order valence-corrected chi connectivity index (χ0v) is 17.0. The summed E-state index contributed by atoms with van der Waals surface area (Å²) in [6.07, 6.45) is 0.860. The molecule has 0 aliphatic heterocycles. The Morgan fingerprint density at radius 3 is 2.31 bits per heavy atom. The molecule has 2 aromatic carbocycles. The lowest BCUT2D eigenvalue weighted by molar-refractivity contribution is -0.385. The monoisotopic (exact) mass is 441 g/mol. The summed E-state index contributed by atoms with van der Waals surface area (Å²) < 4.78 is 49.8. The summed E-state index contributed by atoms with van der Waals surface area (Å²) >= 11 is 0. The van der Waals surface area contributed by atoms with Crippen molar-refractivity contribution in [3.63, 3.8) is 0 Å². The van der Waals surface area contributed by atoms with Crippen molar-refractivity contribution in [2.75, 3.05) is 18.6 Å². The maximum Gasteiger partial charge on any atom is 0.271 e. The molecule has 2 aromatic rings. The summed E-state index contributed by atoms with van der Waals surface area (Å²) in [5.41, 5.74) is -0.0468. The molecule has 1 amide bonds. The third-order valence-corrected chi connectivity index (χ3v) is 6.21. The molecular weight excluding hydrogens is 422 g/mol. The van der Waals surface area contributed by atoms with E-state index >= 15 is 0 Å². The van der Waals surface area contributed by atoms with E-state index in [0.29, 0.717) is 0 Å². The van der Waals surface area contributed by atoms with Crippen molar-refractivity contribution < 1.29 is 26.6 Å². The average Bonchev–Trinajstić information content (AvgIpc) is 2.66. The predicted molar refractivity (Wildman–Crippen MR) is 106 cm³/mol. The van der Waals surface area contributed by atoms with Gasteiger partial charge >= 0.3 is 0 Å². The highest BCUT2D eigenvalue weighted by Gasteiger charge is 2.19. The van der Waals surface area contributed by atoms with Crippen molar-refractivity contribution in [2.45, 2.75) is 11.4 Å². The number of sulfonamides is 1. The number of amides is 1. The summed E-state index contributed by atoms with van der Waals surface area (Å²) in [6, 6.07) is 11.6. The summed E-state index contributed by atoms with van der Waals surface area (Å²) in [4.78, 5) is 22.0. The number of hydrogen-bond acceptors (Lipinski definition) is 7. The molecule has 0 heterocycles. The maximum atomic E-state index is 12.2. The minimum absolute atomic E-state index is 0.0969. The smallest absolute Gasteiger partial charge is 0.271 e. The number of hydrogen-bond donors (Lipinski definition) is 2. The number of nitro benzene ring substituents is 1. The first-order valence-electron chi connectivity index (χ1n) is 8.27. The summed E-state index contributed by atoms with van der Waals surface area (Å²) in [5.74, 6) is -1.24. The summed E-state index contributed by atoms with van der Waals surface area (Å²) in [5, 5.41) is 13.3. The van der Waals surface area contributed by atoms with Crippen LogP contribution in [0.4, 0.5) is 5.69 Å². The molecule has 0 spiro atoms. The van der Waals surface area contributed by atoms with Gasteiger partial charge in [-0.25, -0.2) is 21.6 Å². The first-order chi connectivity index (χ1) is 13.5. The Kier molecular flexibility index (Phi) is 7.06. The normalized spacial score (nSPS) is 11.8. The van der Waals surface area contributed by atoms with Crippen LogP contribution in [-0.4, -0.2) is 46.2 Å².